The van der Waals surface area contributed by atoms with Gasteiger partial charge in [-0.25, -0.2) is 13.2 Å². The number of hydrogen-bond acceptors (Lipinski definition) is 6. The molecule has 1 saturated heterocycles. The molecule has 3 rings (SSSR count). The van der Waals surface area contributed by atoms with Gasteiger partial charge in [-0.1, -0.05) is 45.8 Å². The lowest BCUT2D eigenvalue weighted by atomic mass is 9.82. The lowest BCUT2D eigenvalue weighted by Crippen LogP contribution is -2.44. The van der Waals surface area contributed by atoms with E-state index in [1.807, 2.05) is 6.92 Å². The lowest BCUT2D eigenvalue weighted by Gasteiger charge is -2.36. The largest absolute Gasteiger partial charge is 0.466 e. The summed E-state index contributed by atoms with van der Waals surface area (Å²) in [5.74, 6) is -2.18. The quantitative estimate of drug-likeness (QED) is 0.359. The van der Waals surface area contributed by atoms with Crippen molar-refractivity contribution in [2.24, 2.45) is 11.8 Å². The summed E-state index contributed by atoms with van der Waals surface area (Å²) in [6, 6.07) is 13.4. The second-order valence-electron chi connectivity index (χ2n) is 8.17. The molecular formula is C25H28BrNO6S. The van der Waals surface area contributed by atoms with Crippen LogP contribution in [0.4, 0.5) is 0 Å². The average Bonchev–Trinajstić information content (AvgIpc) is 2.80. The summed E-state index contributed by atoms with van der Waals surface area (Å²) < 4.78 is 39.0. The fourth-order valence-electron chi connectivity index (χ4n) is 3.89. The topological polar surface area (TPSA) is 90.0 Å². The van der Waals surface area contributed by atoms with E-state index in [9.17, 15) is 18.0 Å². The Morgan fingerprint density at radius 3 is 2.35 bits per heavy atom. The predicted octanol–water partition coefficient (Wildman–Crippen LogP) is 4.36. The number of benzene rings is 2. The number of piperidine rings is 1. The van der Waals surface area contributed by atoms with Crippen molar-refractivity contribution < 1.29 is 27.5 Å². The van der Waals surface area contributed by atoms with E-state index in [0.717, 1.165) is 10.0 Å². The Morgan fingerprint density at radius 2 is 1.76 bits per heavy atom. The number of carbonyl (C=O) groups excluding carboxylic acids is 2. The number of nitrogens with zero attached hydrogens (tertiary/aromatic N) is 1. The van der Waals surface area contributed by atoms with Gasteiger partial charge in [0.1, 0.15) is 6.61 Å². The summed E-state index contributed by atoms with van der Waals surface area (Å²) >= 11 is 3.32. The molecule has 9 heteroatoms. The van der Waals surface area contributed by atoms with Crippen molar-refractivity contribution >= 4 is 37.9 Å². The van der Waals surface area contributed by atoms with E-state index < -0.39 is 27.9 Å². The fourth-order valence-corrected chi connectivity index (χ4v) is 5.62. The van der Waals surface area contributed by atoms with Crippen LogP contribution in [0.1, 0.15) is 29.3 Å². The number of sulfonamides is 1. The Balaban J connectivity index is 1.72. The fraction of sp³-hybridized carbons (Fsp3) is 0.360. The zero-order valence-corrected chi connectivity index (χ0v) is 21.6. The number of esters is 2. The van der Waals surface area contributed by atoms with Gasteiger partial charge in [0, 0.05) is 17.6 Å². The highest BCUT2D eigenvalue weighted by Gasteiger charge is 2.39. The van der Waals surface area contributed by atoms with Crippen LogP contribution in [-0.2, 0) is 24.3 Å². The Kier molecular flexibility index (Phi) is 8.67. The molecule has 2 aromatic rings. The molecule has 0 radical (unpaired) electrons. The molecule has 0 N–H and O–H groups in total. The highest BCUT2D eigenvalue weighted by atomic mass is 79.9. The van der Waals surface area contributed by atoms with E-state index in [1.54, 1.807) is 55.5 Å². The predicted molar refractivity (Wildman–Crippen MR) is 132 cm³/mol. The van der Waals surface area contributed by atoms with Crippen LogP contribution in [0.25, 0.3) is 0 Å². The highest BCUT2D eigenvalue weighted by Crippen LogP contribution is 2.33. The molecule has 0 amide bonds. The number of ether oxygens (including phenoxy) is 2. The van der Waals surface area contributed by atoms with Crippen molar-refractivity contribution in [3.05, 3.63) is 76.3 Å². The van der Waals surface area contributed by atoms with Gasteiger partial charge < -0.3 is 9.47 Å². The summed E-state index contributed by atoms with van der Waals surface area (Å²) in [4.78, 5) is 25.4. The van der Waals surface area contributed by atoms with Crippen molar-refractivity contribution in [3.8, 4) is 0 Å². The molecule has 34 heavy (non-hydrogen) atoms. The molecule has 1 aliphatic rings. The van der Waals surface area contributed by atoms with Crippen LogP contribution in [0, 0.1) is 18.8 Å². The third-order valence-electron chi connectivity index (χ3n) is 5.80. The molecule has 0 aliphatic carbocycles. The van der Waals surface area contributed by atoms with Crippen LogP contribution in [0.2, 0.25) is 0 Å². The van der Waals surface area contributed by atoms with Gasteiger partial charge in [-0.2, -0.15) is 4.31 Å². The maximum atomic E-state index is 13.1. The van der Waals surface area contributed by atoms with Crippen LogP contribution in [0.5, 0.6) is 0 Å². The first-order chi connectivity index (χ1) is 16.1. The Hall–Kier alpha value is -2.49. The molecule has 1 fully saturated rings. The molecule has 2 aromatic carbocycles. The Labute approximate surface area is 208 Å². The van der Waals surface area contributed by atoms with E-state index >= 15 is 0 Å². The molecule has 0 saturated carbocycles. The molecule has 0 aromatic heterocycles. The number of hydrogen-bond donors (Lipinski definition) is 0. The first-order valence-corrected chi connectivity index (χ1v) is 13.2. The average molecular weight is 550 g/mol. The molecule has 0 bridgehead atoms. The highest BCUT2D eigenvalue weighted by molar-refractivity contribution is 9.10. The number of halogens is 1. The van der Waals surface area contributed by atoms with Crippen molar-refractivity contribution in [1.82, 2.24) is 4.31 Å². The third kappa shape index (κ3) is 6.14. The normalized spacial score (nSPS) is 17.7. The molecule has 2 atom stereocenters. The monoisotopic (exact) mass is 549 g/mol. The van der Waals surface area contributed by atoms with Crippen molar-refractivity contribution in [2.75, 3.05) is 26.3 Å². The van der Waals surface area contributed by atoms with E-state index in [1.165, 1.54) is 4.31 Å². The van der Waals surface area contributed by atoms with Gasteiger partial charge >= 0.3 is 11.9 Å². The molecule has 0 unspecified atom stereocenters. The third-order valence-corrected chi connectivity index (χ3v) is 8.19. The minimum atomic E-state index is -3.69. The van der Waals surface area contributed by atoms with E-state index in [-0.39, 0.29) is 37.1 Å². The van der Waals surface area contributed by atoms with E-state index in [4.69, 9.17) is 9.47 Å². The maximum Gasteiger partial charge on any atom is 0.338 e. The van der Waals surface area contributed by atoms with E-state index in [2.05, 4.69) is 22.5 Å². The molecule has 1 heterocycles. The van der Waals surface area contributed by atoms with Crippen LogP contribution >= 0.6 is 15.9 Å². The van der Waals surface area contributed by atoms with Crippen LogP contribution < -0.4 is 0 Å². The van der Waals surface area contributed by atoms with Gasteiger partial charge in [0.15, 0.2) is 0 Å². The first kappa shape index (κ1) is 26.1. The van der Waals surface area contributed by atoms with Crippen molar-refractivity contribution in [3.63, 3.8) is 0 Å². The second kappa shape index (κ2) is 11.3. The number of carbonyl (C=O) groups is 2. The Morgan fingerprint density at radius 1 is 1.12 bits per heavy atom. The summed E-state index contributed by atoms with van der Waals surface area (Å²) in [6.07, 6.45) is 0.364. The molecule has 1 aliphatic heterocycles. The molecule has 182 valence electrons. The number of aryl methyl sites for hydroxylation is 1. The summed E-state index contributed by atoms with van der Waals surface area (Å²) in [7, 11) is -3.69. The lowest BCUT2D eigenvalue weighted by molar-refractivity contribution is -0.151. The van der Waals surface area contributed by atoms with Crippen LogP contribution in [0.15, 0.2) is 70.1 Å². The summed E-state index contributed by atoms with van der Waals surface area (Å²) in [5.41, 5.74) is 1.92. The second-order valence-corrected chi connectivity index (χ2v) is 11.0. The van der Waals surface area contributed by atoms with Crippen LogP contribution in [-0.4, -0.2) is 51.0 Å². The SMILES string of the molecule is C=C1CN(S(=O)(=O)c2ccc(C)cc2)CC[C@H]1[C@@H](COC(=O)c1ccc(Br)cc1)C(=O)OCC. The van der Waals surface area contributed by atoms with Gasteiger partial charge in [0.05, 0.1) is 23.0 Å². The van der Waals surface area contributed by atoms with E-state index in [0.29, 0.717) is 17.6 Å². The molecule has 0 spiro atoms. The standard InChI is InChI=1S/C25H28BrNO6S/c1-4-32-25(29)23(16-33-24(28)19-7-9-20(26)10-8-19)22-13-14-27(15-18(22)3)34(30,31)21-11-5-17(2)6-12-21/h5-12,22-23H,3-4,13-16H2,1-2H3/t22-,23-/m1/s1. The Bertz CT molecular complexity index is 1140. The van der Waals surface area contributed by atoms with Gasteiger partial charge in [-0.3, -0.25) is 4.79 Å². The van der Waals surface area contributed by atoms with Gasteiger partial charge in [-0.05, 0) is 62.6 Å². The summed E-state index contributed by atoms with van der Waals surface area (Å²) in [6.45, 7) is 7.97. The number of rotatable bonds is 8. The minimum absolute atomic E-state index is 0.0808. The van der Waals surface area contributed by atoms with Gasteiger partial charge in [0.25, 0.3) is 0 Å². The zero-order chi connectivity index (χ0) is 24.9. The van der Waals surface area contributed by atoms with Gasteiger partial charge in [0.2, 0.25) is 10.0 Å². The first-order valence-electron chi connectivity index (χ1n) is 11.0. The zero-order valence-electron chi connectivity index (χ0n) is 19.2. The smallest absolute Gasteiger partial charge is 0.338 e. The maximum absolute atomic E-state index is 13.1. The molecule has 7 nitrogen and oxygen atoms in total. The van der Waals surface area contributed by atoms with Gasteiger partial charge in [-0.15, -0.1) is 0 Å². The van der Waals surface area contributed by atoms with Crippen LogP contribution in [0.3, 0.4) is 0 Å². The summed E-state index contributed by atoms with van der Waals surface area (Å²) in [5, 5.41) is 0. The van der Waals surface area contributed by atoms with Crippen molar-refractivity contribution in [2.45, 2.75) is 25.2 Å². The van der Waals surface area contributed by atoms with Crippen molar-refractivity contribution in [1.29, 1.82) is 0 Å². The minimum Gasteiger partial charge on any atom is -0.466 e. The molecular weight excluding hydrogens is 522 g/mol.